The molecule has 1 aliphatic rings. The third-order valence-electron chi connectivity index (χ3n) is 5.65. The zero-order valence-corrected chi connectivity index (χ0v) is 20.3. The number of nitrogens with zero attached hydrogens (tertiary/aromatic N) is 3. The van der Waals surface area contributed by atoms with Gasteiger partial charge >= 0.3 is 0 Å². The Kier molecular flexibility index (Phi) is 6.41. The van der Waals surface area contributed by atoms with Crippen molar-refractivity contribution in [2.24, 2.45) is 0 Å². The van der Waals surface area contributed by atoms with Crippen LogP contribution >= 0.6 is 23.4 Å². The van der Waals surface area contributed by atoms with E-state index >= 15 is 0 Å². The largest absolute Gasteiger partial charge is 0.497 e. The summed E-state index contributed by atoms with van der Waals surface area (Å²) in [6, 6.07) is 15.4. The number of halogens is 1. The van der Waals surface area contributed by atoms with Crippen LogP contribution in [0.3, 0.4) is 0 Å². The van der Waals surface area contributed by atoms with Gasteiger partial charge in [-0.3, -0.25) is 4.98 Å². The van der Waals surface area contributed by atoms with Crippen LogP contribution in [0.1, 0.15) is 27.9 Å². The summed E-state index contributed by atoms with van der Waals surface area (Å²) in [5.41, 5.74) is 5.25. The second kappa shape index (κ2) is 9.62. The van der Waals surface area contributed by atoms with Crippen molar-refractivity contribution in [2.75, 3.05) is 7.11 Å². The van der Waals surface area contributed by atoms with Crippen molar-refractivity contribution in [3.05, 3.63) is 87.7 Å². The van der Waals surface area contributed by atoms with Crippen LogP contribution in [0.2, 0.25) is 5.02 Å². The highest BCUT2D eigenvalue weighted by Gasteiger charge is 2.27. The maximum atomic E-state index is 9.87. The van der Waals surface area contributed by atoms with Crippen LogP contribution in [0.4, 0.5) is 0 Å². The molecule has 0 bridgehead atoms. The summed E-state index contributed by atoms with van der Waals surface area (Å²) in [6.07, 6.45) is 2.26. The minimum atomic E-state index is -0.109. The van der Waals surface area contributed by atoms with Crippen molar-refractivity contribution in [1.82, 2.24) is 15.0 Å². The minimum absolute atomic E-state index is 0.109. The third-order valence-corrected chi connectivity index (χ3v) is 6.97. The number of aliphatic hydroxyl groups excluding tert-OH is 1. The Balaban J connectivity index is 1.60. The Hall–Kier alpha value is -3.13. The van der Waals surface area contributed by atoms with Gasteiger partial charge in [-0.1, -0.05) is 35.9 Å². The SMILES string of the molecule is COc1cccc(-c2nc3c(c(SCc4cccc(Cl)c4)n2)Cc2c(CO)cnc(C)c2O3)c1. The van der Waals surface area contributed by atoms with Crippen LogP contribution in [0.25, 0.3) is 11.4 Å². The van der Waals surface area contributed by atoms with Gasteiger partial charge in [-0.25, -0.2) is 4.98 Å². The molecule has 1 N–H and O–H groups in total. The Morgan fingerprint density at radius 2 is 1.97 bits per heavy atom. The highest BCUT2D eigenvalue weighted by atomic mass is 35.5. The van der Waals surface area contributed by atoms with Crippen molar-refractivity contribution in [3.63, 3.8) is 0 Å². The molecule has 0 spiro atoms. The standard InChI is InChI=1S/C26H22ClN3O3S/c1-15-23-21(18(13-31)12-28-15)11-22-25(33-23)29-24(17-6-4-8-20(10-17)32-2)30-26(22)34-14-16-5-3-7-19(27)9-16/h3-10,12,31H,11,13-14H2,1-2H3. The lowest BCUT2D eigenvalue weighted by molar-refractivity contribution is 0.278. The van der Waals surface area contributed by atoms with Crippen LogP contribution in [-0.2, 0) is 18.8 Å². The number of aliphatic hydroxyl groups is 1. The molecule has 6 nitrogen and oxygen atoms in total. The lowest BCUT2D eigenvalue weighted by Gasteiger charge is -2.24. The van der Waals surface area contributed by atoms with Crippen LogP contribution in [0, 0.1) is 6.92 Å². The minimum Gasteiger partial charge on any atom is -0.497 e. The van der Waals surface area contributed by atoms with Crippen LogP contribution in [0.5, 0.6) is 17.4 Å². The Bertz CT molecular complexity index is 1380. The van der Waals surface area contributed by atoms with Gasteiger partial charge in [-0.15, -0.1) is 11.8 Å². The molecule has 5 rings (SSSR count). The molecule has 2 aromatic carbocycles. The zero-order chi connectivity index (χ0) is 23.7. The predicted octanol–water partition coefficient (Wildman–Crippen LogP) is 5.99. The number of rotatable bonds is 6. The molecule has 0 saturated heterocycles. The fraction of sp³-hybridized carbons (Fsp3) is 0.192. The second-order valence-corrected chi connectivity index (χ2v) is 9.30. The second-order valence-electron chi connectivity index (χ2n) is 7.90. The van der Waals surface area contributed by atoms with Crippen LogP contribution in [0.15, 0.2) is 59.8 Å². The summed E-state index contributed by atoms with van der Waals surface area (Å²) < 4.78 is 11.7. The van der Waals surface area contributed by atoms with Gasteiger partial charge in [0, 0.05) is 40.1 Å². The maximum Gasteiger partial charge on any atom is 0.227 e. The molecule has 0 radical (unpaired) electrons. The normalized spacial score (nSPS) is 12.0. The first kappa shape index (κ1) is 22.7. The smallest absolute Gasteiger partial charge is 0.227 e. The van der Waals surface area contributed by atoms with E-state index in [0.29, 0.717) is 34.7 Å². The number of hydrogen-bond acceptors (Lipinski definition) is 7. The lowest BCUT2D eigenvalue weighted by atomic mass is 9.99. The molecule has 4 aromatic rings. The van der Waals surface area contributed by atoms with Crippen LogP contribution in [-0.4, -0.2) is 27.2 Å². The Labute approximate surface area is 207 Å². The molecule has 8 heteroatoms. The molecule has 2 aromatic heterocycles. The highest BCUT2D eigenvalue weighted by molar-refractivity contribution is 7.98. The first-order valence-electron chi connectivity index (χ1n) is 10.7. The molecule has 0 amide bonds. The van der Waals surface area contributed by atoms with Crippen molar-refractivity contribution >= 4 is 23.4 Å². The summed E-state index contributed by atoms with van der Waals surface area (Å²) in [5, 5.41) is 11.4. The van der Waals surface area contributed by atoms with E-state index in [1.54, 1.807) is 25.1 Å². The topological polar surface area (TPSA) is 77.4 Å². The maximum absolute atomic E-state index is 9.87. The van der Waals surface area contributed by atoms with E-state index in [2.05, 4.69) is 4.98 Å². The van der Waals surface area contributed by atoms with Gasteiger partial charge in [0.25, 0.3) is 0 Å². The molecular weight excluding hydrogens is 470 g/mol. The van der Waals surface area contributed by atoms with Gasteiger partial charge in [0.1, 0.15) is 10.8 Å². The zero-order valence-electron chi connectivity index (χ0n) is 18.7. The molecule has 0 unspecified atom stereocenters. The Morgan fingerprint density at radius 3 is 2.76 bits per heavy atom. The van der Waals surface area contributed by atoms with Crippen LogP contribution < -0.4 is 9.47 Å². The number of ether oxygens (including phenoxy) is 2. The summed E-state index contributed by atoms with van der Waals surface area (Å²) in [6.45, 7) is 1.78. The van der Waals surface area contributed by atoms with Gasteiger partial charge in [-0.2, -0.15) is 4.98 Å². The summed E-state index contributed by atoms with van der Waals surface area (Å²) >= 11 is 7.79. The van der Waals surface area contributed by atoms with Gasteiger partial charge in [0.2, 0.25) is 5.88 Å². The number of hydrogen-bond donors (Lipinski definition) is 1. The van der Waals surface area contributed by atoms with E-state index in [0.717, 1.165) is 44.3 Å². The summed E-state index contributed by atoms with van der Waals surface area (Å²) in [4.78, 5) is 14.1. The van der Waals surface area contributed by atoms with Crippen molar-refractivity contribution in [2.45, 2.75) is 30.7 Å². The van der Waals surface area contributed by atoms with Crippen molar-refractivity contribution in [1.29, 1.82) is 0 Å². The van der Waals surface area contributed by atoms with E-state index in [1.807, 2.05) is 55.5 Å². The van der Waals surface area contributed by atoms with E-state index in [9.17, 15) is 5.11 Å². The average Bonchev–Trinajstić information content (AvgIpc) is 2.86. The fourth-order valence-corrected chi connectivity index (χ4v) is 5.06. The first-order chi connectivity index (χ1) is 16.6. The molecule has 1 aliphatic heterocycles. The Morgan fingerprint density at radius 1 is 1.12 bits per heavy atom. The number of pyridine rings is 1. The molecule has 34 heavy (non-hydrogen) atoms. The first-order valence-corrected chi connectivity index (χ1v) is 12.1. The number of fused-ring (bicyclic) bond motifs is 2. The third kappa shape index (κ3) is 4.46. The van der Waals surface area contributed by atoms with E-state index < -0.39 is 0 Å². The molecule has 0 fully saturated rings. The number of benzene rings is 2. The molecule has 0 saturated carbocycles. The summed E-state index contributed by atoms with van der Waals surface area (Å²) in [5.74, 6) is 3.13. The monoisotopic (exact) mass is 491 g/mol. The van der Waals surface area contributed by atoms with E-state index in [4.69, 9.17) is 31.0 Å². The number of thioether (sulfide) groups is 1. The van der Waals surface area contributed by atoms with E-state index in [-0.39, 0.29) is 6.61 Å². The summed E-state index contributed by atoms with van der Waals surface area (Å²) in [7, 11) is 1.63. The molecule has 0 atom stereocenters. The molecule has 3 heterocycles. The van der Waals surface area contributed by atoms with Crippen molar-refractivity contribution in [3.8, 4) is 28.8 Å². The average molecular weight is 492 g/mol. The van der Waals surface area contributed by atoms with E-state index in [1.165, 1.54) is 0 Å². The number of aryl methyl sites for hydroxylation is 1. The van der Waals surface area contributed by atoms with Crippen molar-refractivity contribution < 1.29 is 14.6 Å². The molecular formula is C26H22ClN3O3S. The van der Waals surface area contributed by atoms with Gasteiger partial charge in [-0.05, 0) is 36.8 Å². The lowest BCUT2D eigenvalue weighted by Crippen LogP contribution is -2.13. The number of aromatic nitrogens is 3. The predicted molar refractivity (Wildman–Crippen MR) is 133 cm³/mol. The molecule has 172 valence electrons. The fourth-order valence-electron chi connectivity index (χ4n) is 3.88. The van der Waals surface area contributed by atoms with Gasteiger partial charge in [0.05, 0.1) is 25.0 Å². The number of methoxy groups -OCH3 is 1. The molecule has 0 aliphatic carbocycles. The highest BCUT2D eigenvalue weighted by Crippen LogP contribution is 2.43. The van der Waals surface area contributed by atoms with Gasteiger partial charge < -0.3 is 14.6 Å². The quantitative estimate of drug-likeness (QED) is 0.231. The van der Waals surface area contributed by atoms with Gasteiger partial charge in [0.15, 0.2) is 11.6 Å².